The normalized spacial score (nSPS) is 43.0. The van der Waals surface area contributed by atoms with Crippen molar-refractivity contribution in [3.63, 3.8) is 0 Å². The molecule has 0 radical (unpaired) electrons. The second-order valence-electron chi connectivity index (χ2n) is 14.6. The van der Waals surface area contributed by atoms with E-state index in [2.05, 4.69) is 34.6 Å². The smallest absolute Gasteiger partial charge is 0.139 e. The van der Waals surface area contributed by atoms with Crippen LogP contribution in [0.1, 0.15) is 125 Å². The van der Waals surface area contributed by atoms with Crippen LogP contribution in [0, 0.1) is 52.3 Å². The van der Waals surface area contributed by atoms with Gasteiger partial charge in [-0.2, -0.15) is 0 Å². The van der Waals surface area contributed by atoms with Gasteiger partial charge in [0.25, 0.3) is 0 Å². The van der Waals surface area contributed by atoms with Gasteiger partial charge in [0, 0.05) is 17.2 Å². The van der Waals surface area contributed by atoms with Gasteiger partial charge in [-0.1, -0.05) is 47.5 Å². The number of aliphatic hydroxyl groups excluding tert-OH is 1. The van der Waals surface area contributed by atoms with Gasteiger partial charge in [-0.05, 0) is 117 Å². The Morgan fingerprint density at radius 3 is 2.22 bits per heavy atom. The van der Waals surface area contributed by atoms with Gasteiger partial charge in [-0.25, -0.2) is 4.39 Å². The number of ketones is 1. The number of halogens is 2. The first kappa shape index (κ1) is 28.8. The van der Waals surface area contributed by atoms with Crippen molar-refractivity contribution in [2.75, 3.05) is 0 Å². The molecule has 2 nitrogen and oxygen atoms in total. The summed E-state index contributed by atoms with van der Waals surface area (Å²) in [5.74, 6) is 2.64. The molecule has 208 valence electrons. The summed E-state index contributed by atoms with van der Waals surface area (Å²) in [4.78, 5) is 14.2. The van der Waals surface area contributed by atoms with Gasteiger partial charge in [0.05, 0.1) is 6.10 Å². The van der Waals surface area contributed by atoms with E-state index in [1.165, 1.54) is 19.3 Å². The van der Waals surface area contributed by atoms with E-state index in [-0.39, 0.29) is 34.5 Å². The highest BCUT2D eigenvalue weighted by Crippen LogP contribution is 2.63. The maximum atomic E-state index is 14.2. The quantitative estimate of drug-likeness (QED) is 0.322. The molecule has 4 aliphatic rings. The molecule has 0 saturated heterocycles. The van der Waals surface area contributed by atoms with E-state index in [9.17, 15) is 14.3 Å². The summed E-state index contributed by atoms with van der Waals surface area (Å²) in [7, 11) is 0. The molecule has 0 aromatic heterocycles. The molecule has 0 amide bonds. The predicted molar refractivity (Wildman–Crippen MR) is 148 cm³/mol. The molecular formula is C32H54ClFO2. The fourth-order valence-electron chi connectivity index (χ4n) is 9.30. The van der Waals surface area contributed by atoms with Crippen molar-refractivity contribution in [1.29, 1.82) is 0 Å². The lowest BCUT2D eigenvalue weighted by molar-refractivity contribution is -0.135. The second-order valence-corrected chi connectivity index (χ2v) is 15.2. The Morgan fingerprint density at radius 2 is 1.61 bits per heavy atom. The molecule has 0 bridgehead atoms. The minimum absolute atomic E-state index is 0.0344. The molecule has 0 aromatic carbocycles. The van der Waals surface area contributed by atoms with Crippen LogP contribution in [0.5, 0.6) is 0 Å². The summed E-state index contributed by atoms with van der Waals surface area (Å²) in [5, 5.41) is 11.7. The Balaban J connectivity index is 1.41. The zero-order valence-electron chi connectivity index (χ0n) is 23.8. The van der Waals surface area contributed by atoms with Crippen molar-refractivity contribution < 1.29 is 14.3 Å². The van der Waals surface area contributed by atoms with Crippen LogP contribution in [0.2, 0.25) is 0 Å². The van der Waals surface area contributed by atoms with Gasteiger partial charge < -0.3 is 5.11 Å². The van der Waals surface area contributed by atoms with Crippen LogP contribution in [-0.2, 0) is 4.79 Å². The number of Topliss-reactive ketones (excluding diaryl/α,β-unsaturated/α-hetero) is 1. The molecule has 1 N–H and O–H groups in total. The fourth-order valence-corrected chi connectivity index (χ4v) is 9.55. The van der Waals surface area contributed by atoms with Crippen LogP contribution in [0.3, 0.4) is 0 Å². The van der Waals surface area contributed by atoms with Crippen LogP contribution in [-0.4, -0.2) is 28.5 Å². The lowest BCUT2D eigenvalue weighted by atomic mass is 9.55. The van der Waals surface area contributed by atoms with Gasteiger partial charge in [0.1, 0.15) is 12.0 Å². The molecule has 36 heavy (non-hydrogen) atoms. The first-order chi connectivity index (χ1) is 16.9. The van der Waals surface area contributed by atoms with Crippen molar-refractivity contribution >= 4 is 17.4 Å². The number of carbonyl (C=O) groups excluding carboxylic acids is 1. The van der Waals surface area contributed by atoms with E-state index in [1.54, 1.807) is 0 Å². The molecule has 4 heteroatoms. The van der Waals surface area contributed by atoms with Crippen LogP contribution >= 0.6 is 11.6 Å². The lowest BCUT2D eigenvalue weighted by Gasteiger charge is -2.49. The maximum Gasteiger partial charge on any atom is 0.139 e. The zero-order chi connectivity index (χ0) is 26.3. The summed E-state index contributed by atoms with van der Waals surface area (Å²) >= 11 is 6.43. The number of hydrogen-bond acceptors (Lipinski definition) is 2. The summed E-state index contributed by atoms with van der Waals surface area (Å²) in [6, 6.07) is 0. The highest BCUT2D eigenvalue weighted by Gasteiger charge is 2.58. The lowest BCUT2D eigenvalue weighted by Crippen LogP contribution is -2.45. The number of hydrogen-bond donors (Lipinski definition) is 1. The first-order valence-electron chi connectivity index (χ1n) is 15.4. The molecule has 0 aromatic rings. The monoisotopic (exact) mass is 524 g/mol. The maximum absolute atomic E-state index is 14.2. The minimum Gasteiger partial charge on any atom is -0.393 e. The van der Waals surface area contributed by atoms with Crippen LogP contribution in [0.15, 0.2) is 0 Å². The number of alkyl halides is 2. The van der Waals surface area contributed by atoms with Gasteiger partial charge >= 0.3 is 0 Å². The third-order valence-electron chi connectivity index (χ3n) is 12.2. The predicted octanol–water partition coefficient (Wildman–Crippen LogP) is 8.76. The Morgan fingerprint density at radius 1 is 0.944 bits per heavy atom. The van der Waals surface area contributed by atoms with E-state index in [4.69, 9.17) is 11.6 Å². The second kappa shape index (κ2) is 11.5. The molecule has 4 fully saturated rings. The average molecular weight is 525 g/mol. The molecule has 4 rings (SSSR count). The van der Waals surface area contributed by atoms with Crippen molar-refractivity contribution in [2.24, 2.45) is 52.3 Å². The summed E-state index contributed by atoms with van der Waals surface area (Å²) in [6.45, 7) is 11.5. The standard InChI is InChI=1S/C32H54ClFO2/c1-20(2)27(19-29(35)23-8-6-7-21(17-23)22-9-14-26(34)18-22)30(36)28-15-16-32(5,31(28,3)4)24-10-12-25(33)13-11-24/h20-29,35H,6-19H2,1-5H3/t21?,22?,23?,24?,25?,26?,27-,28?,29?,32-/m1/s1. The number of carbonyl (C=O) groups is 1. The third-order valence-corrected chi connectivity index (χ3v) is 12.7. The highest BCUT2D eigenvalue weighted by molar-refractivity contribution is 6.20. The van der Waals surface area contributed by atoms with Crippen LogP contribution in [0.25, 0.3) is 0 Å². The molecule has 6 unspecified atom stereocenters. The van der Waals surface area contributed by atoms with Gasteiger partial charge in [0.15, 0.2) is 0 Å². The van der Waals surface area contributed by atoms with Crippen molar-refractivity contribution in [3.05, 3.63) is 0 Å². The van der Waals surface area contributed by atoms with Crippen LogP contribution < -0.4 is 0 Å². The SMILES string of the molecule is CC(C)[C@@H](CC(O)C1CCCC(C2CCC(F)C2)C1)C(=O)C1CC[C@](C)(C2CCC(Cl)CC2)C1(C)C. The highest BCUT2D eigenvalue weighted by atomic mass is 35.5. The van der Waals surface area contributed by atoms with E-state index >= 15 is 0 Å². The Labute approximate surface area is 225 Å². The molecule has 8 atom stereocenters. The summed E-state index contributed by atoms with van der Waals surface area (Å²) < 4.78 is 13.8. The van der Waals surface area contributed by atoms with E-state index < -0.39 is 12.3 Å². The van der Waals surface area contributed by atoms with E-state index in [1.807, 2.05) is 0 Å². The Hall–Kier alpha value is -0.150. The number of rotatable bonds is 8. The largest absolute Gasteiger partial charge is 0.393 e. The van der Waals surface area contributed by atoms with Gasteiger partial charge in [-0.15, -0.1) is 11.6 Å². The fraction of sp³-hybridized carbons (Fsp3) is 0.969. The van der Waals surface area contributed by atoms with Gasteiger partial charge in [0.2, 0.25) is 0 Å². The average Bonchev–Trinajstić information content (AvgIpc) is 3.38. The molecule has 0 heterocycles. The van der Waals surface area contributed by atoms with E-state index in [0.717, 1.165) is 64.2 Å². The Kier molecular flexibility index (Phi) is 9.24. The zero-order valence-corrected chi connectivity index (χ0v) is 24.5. The molecule has 0 spiro atoms. The van der Waals surface area contributed by atoms with Crippen molar-refractivity contribution in [1.82, 2.24) is 0 Å². The topological polar surface area (TPSA) is 37.3 Å². The molecule has 0 aliphatic heterocycles. The summed E-state index contributed by atoms with van der Waals surface area (Å²) in [6.07, 6.45) is 13.1. The van der Waals surface area contributed by atoms with E-state index in [0.29, 0.717) is 35.3 Å². The van der Waals surface area contributed by atoms with Crippen molar-refractivity contribution in [3.8, 4) is 0 Å². The van der Waals surface area contributed by atoms with Crippen LogP contribution in [0.4, 0.5) is 4.39 Å². The number of aliphatic hydroxyl groups is 1. The minimum atomic E-state index is -0.617. The first-order valence-corrected chi connectivity index (χ1v) is 15.9. The van der Waals surface area contributed by atoms with Gasteiger partial charge in [-0.3, -0.25) is 4.79 Å². The molecule has 4 aliphatic carbocycles. The Bertz CT molecular complexity index is 744. The third kappa shape index (κ3) is 5.73. The molecular weight excluding hydrogens is 471 g/mol. The van der Waals surface area contributed by atoms with Crippen molar-refractivity contribution in [2.45, 2.75) is 142 Å². The molecule has 4 saturated carbocycles. The summed E-state index contributed by atoms with van der Waals surface area (Å²) in [5.41, 5.74) is 0.143.